The SMILES string of the molecule is [N-]=[N+]=NCCC=Cc1nccc2ccccc12. The van der Waals surface area contributed by atoms with E-state index in [9.17, 15) is 0 Å². The minimum Gasteiger partial charge on any atom is -0.256 e. The normalized spacial score (nSPS) is 10.6. The van der Waals surface area contributed by atoms with E-state index in [1.165, 1.54) is 5.39 Å². The molecule has 0 spiro atoms. The van der Waals surface area contributed by atoms with Crippen LogP contribution in [0.3, 0.4) is 0 Å². The molecule has 0 atom stereocenters. The zero-order valence-electron chi connectivity index (χ0n) is 9.32. The summed E-state index contributed by atoms with van der Waals surface area (Å²) < 4.78 is 0. The number of nitrogens with zero attached hydrogens (tertiary/aromatic N) is 4. The van der Waals surface area contributed by atoms with Crippen LogP contribution in [0.5, 0.6) is 0 Å². The molecule has 84 valence electrons. The molecule has 2 aromatic rings. The minimum absolute atomic E-state index is 0.484. The molecule has 1 aromatic carbocycles. The maximum Gasteiger partial charge on any atom is 0.0704 e. The van der Waals surface area contributed by atoms with Gasteiger partial charge in [-0.2, -0.15) is 0 Å². The van der Waals surface area contributed by atoms with Crippen molar-refractivity contribution in [2.45, 2.75) is 6.42 Å². The van der Waals surface area contributed by atoms with E-state index in [0.717, 1.165) is 17.5 Å². The van der Waals surface area contributed by atoms with Gasteiger partial charge in [0.25, 0.3) is 0 Å². The number of fused-ring (bicyclic) bond motifs is 1. The quantitative estimate of drug-likeness (QED) is 0.335. The third-order valence-electron chi connectivity index (χ3n) is 2.44. The maximum absolute atomic E-state index is 8.15. The summed E-state index contributed by atoms with van der Waals surface area (Å²) in [6.07, 6.45) is 6.48. The van der Waals surface area contributed by atoms with Gasteiger partial charge < -0.3 is 0 Å². The fraction of sp³-hybridized carbons (Fsp3) is 0.154. The van der Waals surface area contributed by atoms with Crippen LogP contribution in [-0.4, -0.2) is 11.5 Å². The van der Waals surface area contributed by atoms with Crippen LogP contribution in [0.25, 0.3) is 27.3 Å². The molecule has 0 fully saturated rings. The summed E-state index contributed by atoms with van der Waals surface area (Å²) in [6.45, 7) is 0.484. The van der Waals surface area contributed by atoms with Crippen molar-refractivity contribution in [2.75, 3.05) is 6.54 Å². The van der Waals surface area contributed by atoms with Gasteiger partial charge in [0.2, 0.25) is 0 Å². The number of hydrogen-bond donors (Lipinski definition) is 0. The van der Waals surface area contributed by atoms with Gasteiger partial charge in [-0.15, -0.1) is 0 Å². The fourth-order valence-electron chi connectivity index (χ4n) is 1.65. The van der Waals surface area contributed by atoms with E-state index < -0.39 is 0 Å². The van der Waals surface area contributed by atoms with Gasteiger partial charge in [-0.05, 0) is 29.5 Å². The Morgan fingerprint density at radius 1 is 1.29 bits per heavy atom. The van der Waals surface area contributed by atoms with Crippen LogP contribution in [0.4, 0.5) is 0 Å². The number of aromatic nitrogens is 1. The molecule has 17 heavy (non-hydrogen) atoms. The van der Waals surface area contributed by atoms with Crippen molar-refractivity contribution in [1.29, 1.82) is 0 Å². The van der Waals surface area contributed by atoms with Crippen molar-refractivity contribution in [3.63, 3.8) is 0 Å². The Kier molecular flexibility index (Phi) is 3.73. The molecule has 0 N–H and O–H groups in total. The Bertz CT molecular complexity index is 577. The van der Waals surface area contributed by atoms with Crippen LogP contribution in [0, 0.1) is 0 Å². The average molecular weight is 224 g/mol. The lowest BCUT2D eigenvalue weighted by molar-refractivity contribution is 0.995. The third-order valence-corrected chi connectivity index (χ3v) is 2.44. The molecule has 2 rings (SSSR count). The van der Waals surface area contributed by atoms with Crippen LogP contribution in [-0.2, 0) is 0 Å². The smallest absolute Gasteiger partial charge is 0.0704 e. The second-order valence-corrected chi connectivity index (χ2v) is 3.56. The third kappa shape index (κ3) is 2.83. The number of azide groups is 1. The van der Waals surface area contributed by atoms with Gasteiger partial charge in [0.05, 0.1) is 5.69 Å². The number of hydrogen-bond acceptors (Lipinski definition) is 2. The highest BCUT2D eigenvalue weighted by Gasteiger charge is 1.96. The summed E-state index contributed by atoms with van der Waals surface area (Å²) in [5, 5.41) is 5.79. The van der Waals surface area contributed by atoms with E-state index in [1.807, 2.05) is 30.4 Å². The first-order valence-corrected chi connectivity index (χ1v) is 5.43. The molecule has 0 amide bonds. The topological polar surface area (TPSA) is 61.7 Å². The largest absolute Gasteiger partial charge is 0.256 e. The maximum atomic E-state index is 8.15. The van der Waals surface area contributed by atoms with Gasteiger partial charge in [0, 0.05) is 23.0 Å². The zero-order chi connectivity index (χ0) is 11.9. The van der Waals surface area contributed by atoms with Crippen LogP contribution >= 0.6 is 0 Å². The Hall–Kier alpha value is -2.32. The predicted octanol–water partition coefficient (Wildman–Crippen LogP) is 3.95. The lowest BCUT2D eigenvalue weighted by atomic mass is 10.1. The van der Waals surface area contributed by atoms with Gasteiger partial charge in [-0.25, -0.2) is 0 Å². The van der Waals surface area contributed by atoms with E-state index in [0.29, 0.717) is 6.54 Å². The molecule has 1 heterocycles. The lowest BCUT2D eigenvalue weighted by Gasteiger charge is -2.00. The summed E-state index contributed by atoms with van der Waals surface area (Å²) in [6, 6.07) is 10.1. The van der Waals surface area contributed by atoms with Gasteiger partial charge in [-0.3, -0.25) is 4.98 Å². The fourth-order valence-corrected chi connectivity index (χ4v) is 1.65. The summed E-state index contributed by atoms with van der Waals surface area (Å²) in [5.74, 6) is 0. The summed E-state index contributed by atoms with van der Waals surface area (Å²) in [5.41, 5.74) is 9.09. The molecule has 4 nitrogen and oxygen atoms in total. The van der Waals surface area contributed by atoms with Crippen LogP contribution < -0.4 is 0 Å². The van der Waals surface area contributed by atoms with Gasteiger partial charge in [0.15, 0.2) is 0 Å². The Balaban J connectivity index is 2.21. The highest BCUT2D eigenvalue weighted by Crippen LogP contribution is 2.17. The van der Waals surface area contributed by atoms with Crippen molar-refractivity contribution in [3.05, 3.63) is 58.7 Å². The van der Waals surface area contributed by atoms with E-state index in [4.69, 9.17) is 5.53 Å². The molecular formula is C13H12N4. The molecular weight excluding hydrogens is 212 g/mol. The minimum atomic E-state index is 0.484. The van der Waals surface area contributed by atoms with Gasteiger partial charge in [-0.1, -0.05) is 35.5 Å². The van der Waals surface area contributed by atoms with Crippen molar-refractivity contribution in [3.8, 4) is 0 Å². The highest BCUT2D eigenvalue weighted by atomic mass is 15.1. The summed E-state index contributed by atoms with van der Waals surface area (Å²) >= 11 is 0. The summed E-state index contributed by atoms with van der Waals surface area (Å²) in [7, 11) is 0. The second kappa shape index (κ2) is 5.68. The first kappa shape index (κ1) is 11.2. The van der Waals surface area contributed by atoms with E-state index >= 15 is 0 Å². The van der Waals surface area contributed by atoms with Crippen molar-refractivity contribution < 1.29 is 0 Å². The van der Waals surface area contributed by atoms with Crippen molar-refractivity contribution >= 4 is 16.8 Å². The highest BCUT2D eigenvalue weighted by molar-refractivity contribution is 5.88. The van der Waals surface area contributed by atoms with Crippen molar-refractivity contribution in [1.82, 2.24) is 4.98 Å². The Labute approximate surface area is 99.2 Å². The molecule has 0 saturated heterocycles. The monoisotopic (exact) mass is 224 g/mol. The number of pyridine rings is 1. The van der Waals surface area contributed by atoms with E-state index in [1.54, 1.807) is 6.20 Å². The standard InChI is InChI=1S/C13H12N4/c14-17-16-9-4-3-7-13-12-6-2-1-5-11(12)8-10-15-13/h1-3,5-8,10H,4,9H2. The molecule has 0 aliphatic carbocycles. The van der Waals surface area contributed by atoms with Crippen LogP contribution in [0.1, 0.15) is 12.1 Å². The van der Waals surface area contributed by atoms with E-state index in [-0.39, 0.29) is 0 Å². The molecule has 0 bridgehead atoms. The second-order valence-electron chi connectivity index (χ2n) is 3.56. The first-order valence-electron chi connectivity index (χ1n) is 5.43. The molecule has 1 aromatic heterocycles. The molecule has 0 unspecified atom stereocenters. The van der Waals surface area contributed by atoms with Gasteiger partial charge >= 0.3 is 0 Å². The molecule has 0 saturated carbocycles. The Morgan fingerprint density at radius 3 is 3.06 bits per heavy atom. The van der Waals surface area contributed by atoms with Crippen LogP contribution in [0.2, 0.25) is 0 Å². The number of rotatable bonds is 4. The zero-order valence-corrected chi connectivity index (χ0v) is 9.32. The van der Waals surface area contributed by atoms with Gasteiger partial charge in [0.1, 0.15) is 0 Å². The summed E-state index contributed by atoms with van der Waals surface area (Å²) in [4.78, 5) is 7.04. The molecule has 0 radical (unpaired) electrons. The predicted molar refractivity (Wildman–Crippen MR) is 69.4 cm³/mol. The first-order chi connectivity index (χ1) is 8.42. The molecule has 0 aliphatic heterocycles. The Morgan fingerprint density at radius 2 is 2.18 bits per heavy atom. The molecule has 0 aliphatic rings. The van der Waals surface area contributed by atoms with E-state index in [2.05, 4.69) is 27.1 Å². The number of benzene rings is 1. The average Bonchev–Trinajstić information content (AvgIpc) is 2.39. The molecule has 4 heteroatoms. The lowest BCUT2D eigenvalue weighted by Crippen LogP contribution is -1.83. The van der Waals surface area contributed by atoms with Crippen LogP contribution in [0.15, 0.2) is 47.7 Å². The van der Waals surface area contributed by atoms with Crippen molar-refractivity contribution in [2.24, 2.45) is 5.11 Å².